The average Bonchev–Trinajstić information content (AvgIpc) is 3.31. The first kappa shape index (κ1) is 22.9. The molecule has 0 unspecified atom stereocenters. The van der Waals surface area contributed by atoms with Gasteiger partial charge in [-0.05, 0) is 55.7 Å². The van der Waals surface area contributed by atoms with Crippen molar-refractivity contribution in [3.05, 3.63) is 69.3 Å². The van der Waals surface area contributed by atoms with Crippen molar-refractivity contribution < 1.29 is 24.0 Å². The molecule has 0 spiro atoms. The number of hydrogen-bond donors (Lipinski definition) is 2. The molecular weight excluding hydrogens is 416 g/mol. The summed E-state index contributed by atoms with van der Waals surface area (Å²) >= 11 is 0. The molecule has 2 N–H and O–H groups in total. The number of ether oxygens (including phenoxy) is 2. The van der Waals surface area contributed by atoms with E-state index in [2.05, 4.69) is 15.8 Å². The highest BCUT2D eigenvalue weighted by Crippen LogP contribution is 2.19. The van der Waals surface area contributed by atoms with Crippen molar-refractivity contribution in [1.29, 1.82) is 0 Å². The van der Waals surface area contributed by atoms with Gasteiger partial charge in [-0.1, -0.05) is 6.07 Å². The molecular formula is C22H24N4O6. The lowest BCUT2D eigenvalue weighted by molar-refractivity contribution is -0.385. The van der Waals surface area contributed by atoms with Gasteiger partial charge in [-0.15, -0.1) is 0 Å². The summed E-state index contributed by atoms with van der Waals surface area (Å²) in [4.78, 5) is 34.5. The molecule has 32 heavy (non-hydrogen) atoms. The number of nitrogens with zero attached hydrogens (tertiary/aromatic N) is 2. The van der Waals surface area contributed by atoms with Crippen LogP contribution in [-0.4, -0.2) is 48.8 Å². The zero-order valence-corrected chi connectivity index (χ0v) is 17.6. The molecule has 10 heteroatoms. The van der Waals surface area contributed by atoms with Gasteiger partial charge in [0.2, 0.25) is 0 Å². The van der Waals surface area contributed by atoms with Gasteiger partial charge in [-0.25, -0.2) is 5.43 Å². The van der Waals surface area contributed by atoms with Gasteiger partial charge >= 0.3 is 0 Å². The predicted octanol–water partition coefficient (Wildman–Crippen LogP) is 2.34. The van der Waals surface area contributed by atoms with Crippen LogP contribution in [0.15, 0.2) is 47.6 Å². The average molecular weight is 440 g/mol. The third kappa shape index (κ3) is 6.61. The quantitative estimate of drug-likeness (QED) is 0.349. The number of amides is 2. The zero-order chi connectivity index (χ0) is 22.9. The summed E-state index contributed by atoms with van der Waals surface area (Å²) in [6.07, 6.45) is 3.48. The summed E-state index contributed by atoms with van der Waals surface area (Å²) in [7, 11) is 0. The van der Waals surface area contributed by atoms with E-state index in [1.54, 1.807) is 31.2 Å². The number of carbonyl (C=O) groups is 2. The van der Waals surface area contributed by atoms with Crippen LogP contribution in [0.5, 0.6) is 5.75 Å². The molecule has 2 amide bonds. The molecule has 10 nitrogen and oxygen atoms in total. The minimum absolute atomic E-state index is 0.0825. The van der Waals surface area contributed by atoms with E-state index in [4.69, 9.17) is 9.47 Å². The second-order valence-electron chi connectivity index (χ2n) is 7.25. The smallest absolute Gasteiger partial charge is 0.273 e. The SMILES string of the molecule is Cc1ccc(C(=O)N/N=C\c2ccc(OCC(=O)NC[C@H]3CCCO3)cc2)cc1[N+](=O)[O-]. The predicted molar refractivity (Wildman–Crippen MR) is 117 cm³/mol. The van der Waals surface area contributed by atoms with Crippen LogP contribution >= 0.6 is 0 Å². The molecule has 0 bridgehead atoms. The molecule has 2 aromatic rings. The molecule has 168 valence electrons. The van der Waals surface area contributed by atoms with Gasteiger partial charge in [0, 0.05) is 30.3 Å². The molecule has 0 aromatic heterocycles. The topological polar surface area (TPSA) is 132 Å². The van der Waals surface area contributed by atoms with Crippen LogP contribution in [-0.2, 0) is 9.53 Å². The Morgan fingerprint density at radius 1 is 1.28 bits per heavy atom. The maximum atomic E-state index is 12.1. The van der Waals surface area contributed by atoms with E-state index < -0.39 is 10.8 Å². The van der Waals surface area contributed by atoms with Crippen LogP contribution in [0.1, 0.15) is 34.3 Å². The molecule has 0 aliphatic carbocycles. The molecule has 1 aliphatic rings. The third-order valence-electron chi connectivity index (χ3n) is 4.85. The van der Waals surface area contributed by atoms with Gasteiger partial charge in [-0.2, -0.15) is 5.10 Å². The van der Waals surface area contributed by atoms with Crippen molar-refractivity contribution in [2.75, 3.05) is 19.8 Å². The Labute approximate surface area is 184 Å². The lowest BCUT2D eigenvalue weighted by Crippen LogP contribution is -2.35. The highest BCUT2D eigenvalue weighted by atomic mass is 16.6. The van der Waals surface area contributed by atoms with Gasteiger partial charge in [0.15, 0.2) is 6.61 Å². The number of benzene rings is 2. The fourth-order valence-electron chi connectivity index (χ4n) is 3.06. The minimum Gasteiger partial charge on any atom is -0.484 e. The Morgan fingerprint density at radius 3 is 2.75 bits per heavy atom. The number of nitro groups is 1. The summed E-state index contributed by atoms with van der Waals surface area (Å²) in [6, 6.07) is 11.0. The van der Waals surface area contributed by atoms with E-state index in [9.17, 15) is 19.7 Å². The van der Waals surface area contributed by atoms with Gasteiger partial charge in [-0.3, -0.25) is 19.7 Å². The lowest BCUT2D eigenvalue weighted by Gasteiger charge is -2.11. The van der Waals surface area contributed by atoms with E-state index in [0.29, 0.717) is 23.4 Å². The summed E-state index contributed by atoms with van der Waals surface area (Å²) < 4.78 is 10.9. The number of carbonyl (C=O) groups excluding carboxylic acids is 2. The van der Waals surface area contributed by atoms with E-state index in [1.807, 2.05) is 0 Å². The summed E-state index contributed by atoms with van der Waals surface area (Å²) in [6.45, 7) is 2.73. The maximum Gasteiger partial charge on any atom is 0.273 e. The summed E-state index contributed by atoms with van der Waals surface area (Å²) in [5.41, 5.74) is 3.51. The largest absolute Gasteiger partial charge is 0.484 e. The standard InChI is InChI=1S/C22H24N4O6/c1-15-4-7-17(11-20(15)26(29)30)22(28)25-24-12-16-5-8-18(9-6-16)32-14-21(27)23-13-19-3-2-10-31-19/h4-9,11-12,19H,2-3,10,13-14H2,1H3,(H,23,27)(H,25,28)/b24-12-/t19-/m1/s1. The molecule has 2 aromatic carbocycles. The van der Waals surface area contributed by atoms with Gasteiger partial charge in [0.1, 0.15) is 5.75 Å². The molecule has 1 aliphatic heterocycles. The third-order valence-corrected chi connectivity index (χ3v) is 4.85. The van der Waals surface area contributed by atoms with Crippen molar-refractivity contribution in [3.8, 4) is 5.75 Å². The van der Waals surface area contributed by atoms with Crippen LogP contribution in [0, 0.1) is 17.0 Å². The number of nitro benzene ring substituents is 1. The Kier molecular flexibility index (Phi) is 7.87. The normalized spacial score (nSPS) is 15.5. The van der Waals surface area contributed by atoms with Crippen molar-refractivity contribution in [1.82, 2.24) is 10.7 Å². The van der Waals surface area contributed by atoms with Gasteiger partial charge in [0.25, 0.3) is 17.5 Å². The summed E-state index contributed by atoms with van der Waals surface area (Å²) in [5, 5.41) is 17.7. The first-order valence-electron chi connectivity index (χ1n) is 10.1. The number of rotatable bonds is 9. The molecule has 1 fully saturated rings. The highest BCUT2D eigenvalue weighted by Gasteiger charge is 2.16. The van der Waals surface area contributed by atoms with E-state index in [0.717, 1.165) is 19.4 Å². The number of nitrogens with one attached hydrogen (secondary N) is 2. The first-order valence-corrected chi connectivity index (χ1v) is 10.1. The van der Waals surface area contributed by atoms with Crippen LogP contribution in [0.4, 0.5) is 5.69 Å². The van der Waals surface area contributed by atoms with Crippen molar-refractivity contribution in [3.63, 3.8) is 0 Å². The number of aryl methyl sites for hydroxylation is 1. The molecule has 1 saturated heterocycles. The van der Waals surface area contributed by atoms with Crippen LogP contribution < -0.4 is 15.5 Å². The first-order chi connectivity index (χ1) is 15.4. The lowest BCUT2D eigenvalue weighted by atomic mass is 10.1. The zero-order valence-electron chi connectivity index (χ0n) is 17.6. The maximum absolute atomic E-state index is 12.1. The Bertz CT molecular complexity index is 1000. The molecule has 0 radical (unpaired) electrons. The van der Waals surface area contributed by atoms with E-state index >= 15 is 0 Å². The van der Waals surface area contributed by atoms with Crippen LogP contribution in [0.2, 0.25) is 0 Å². The molecule has 1 atom stereocenters. The van der Waals surface area contributed by atoms with E-state index in [-0.39, 0.29) is 29.9 Å². The molecule has 1 heterocycles. The van der Waals surface area contributed by atoms with E-state index in [1.165, 1.54) is 24.4 Å². The van der Waals surface area contributed by atoms with Crippen molar-refractivity contribution in [2.45, 2.75) is 25.9 Å². The van der Waals surface area contributed by atoms with Crippen molar-refractivity contribution in [2.24, 2.45) is 5.10 Å². The monoisotopic (exact) mass is 440 g/mol. The minimum atomic E-state index is -0.557. The second-order valence-corrected chi connectivity index (χ2v) is 7.25. The van der Waals surface area contributed by atoms with Gasteiger partial charge < -0.3 is 14.8 Å². The fraction of sp³-hybridized carbons (Fsp3) is 0.318. The van der Waals surface area contributed by atoms with Gasteiger partial charge in [0.05, 0.1) is 17.2 Å². The number of hydrazone groups is 1. The van der Waals surface area contributed by atoms with Crippen molar-refractivity contribution >= 4 is 23.7 Å². The molecule has 0 saturated carbocycles. The highest BCUT2D eigenvalue weighted by molar-refractivity contribution is 5.95. The number of hydrogen-bond acceptors (Lipinski definition) is 7. The Balaban J connectivity index is 1.44. The Hall–Kier alpha value is -3.79. The Morgan fingerprint density at radius 2 is 2.06 bits per heavy atom. The summed E-state index contributed by atoms with van der Waals surface area (Å²) in [5.74, 6) is -0.256. The van der Waals surface area contributed by atoms with Crippen LogP contribution in [0.25, 0.3) is 0 Å². The molecule has 3 rings (SSSR count). The fourth-order valence-corrected chi connectivity index (χ4v) is 3.06. The second kappa shape index (κ2) is 11.0. The van der Waals surface area contributed by atoms with Crippen LogP contribution in [0.3, 0.4) is 0 Å².